The Bertz CT molecular complexity index is 528. The standard InChI is InChI=1S/C12H13BrN2O3/c1-2-10-14-15-11(18-10)7-17-12-8(6-16)4-3-5-9(12)13/h3-5,16H,2,6-7H2,1H3. The first kappa shape index (κ1) is 13.0. The van der Waals surface area contributed by atoms with Gasteiger partial charge in [-0.2, -0.15) is 0 Å². The van der Waals surface area contributed by atoms with Crippen molar-refractivity contribution < 1.29 is 14.3 Å². The van der Waals surface area contributed by atoms with Gasteiger partial charge in [0.1, 0.15) is 5.75 Å². The maximum atomic E-state index is 9.23. The molecule has 96 valence electrons. The molecular weight excluding hydrogens is 300 g/mol. The molecule has 0 saturated carbocycles. The number of aryl methyl sites for hydroxylation is 1. The monoisotopic (exact) mass is 312 g/mol. The predicted molar refractivity (Wildman–Crippen MR) is 68.1 cm³/mol. The lowest BCUT2D eigenvalue weighted by Crippen LogP contribution is -2.00. The molecule has 0 saturated heterocycles. The normalized spacial score (nSPS) is 10.6. The Labute approximate surface area is 113 Å². The van der Waals surface area contributed by atoms with Gasteiger partial charge in [0.05, 0.1) is 11.1 Å². The van der Waals surface area contributed by atoms with E-state index in [9.17, 15) is 5.11 Å². The number of hydrogen-bond donors (Lipinski definition) is 1. The summed E-state index contributed by atoms with van der Waals surface area (Å²) in [5.74, 6) is 1.60. The van der Waals surface area contributed by atoms with Crippen LogP contribution in [0.15, 0.2) is 27.1 Å². The number of para-hydroxylation sites is 1. The van der Waals surface area contributed by atoms with E-state index in [0.29, 0.717) is 29.5 Å². The highest BCUT2D eigenvalue weighted by Crippen LogP contribution is 2.29. The van der Waals surface area contributed by atoms with Gasteiger partial charge in [-0.25, -0.2) is 0 Å². The minimum atomic E-state index is -0.0845. The van der Waals surface area contributed by atoms with E-state index < -0.39 is 0 Å². The van der Waals surface area contributed by atoms with E-state index in [1.165, 1.54) is 0 Å². The van der Waals surface area contributed by atoms with Gasteiger partial charge in [-0.15, -0.1) is 10.2 Å². The average molecular weight is 313 g/mol. The maximum Gasteiger partial charge on any atom is 0.253 e. The molecule has 5 nitrogen and oxygen atoms in total. The lowest BCUT2D eigenvalue weighted by Gasteiger charge is -2.10. The molecule has 0 aliphatic rings. The molecule has 6 heteroatoms. The lowest BCUT2D eigenvalue weighted by molar-refractivity contribution is 0.238. The Morgan fingerprint density at radius 2 is 2.11 bits per heavy atom. The molecule has 0 radical (unpaired) electrons. The van der Waals surface area contributed by atoms with Crippen molar-refractivity contribution in [3.63, 3.8) is 0 Å². The summed E-state index contributed by atoms with van der Waals surface area (Å²) in [5, 5.41) is 17.0. The number of benzene rings is 1. The Kier molecular flexibility index (Phi) is 4.33. The number of nitrogens with zero attached hydrogens (tertiary/aromatic N) is 2. The van der Waals surface area contributed by atoms with Crippen LogP contribution in [-0.2, 0) is 19.6 Å². The van der Waals surface area contributed by atoms with Crippen molar-refractivity contribution in [1.82, 2.24) is 10.2 Å². The second-order valence-corrected chi connectivity index (χ2v) is 4.47. The van der Waals surface area contributed by atoms with Crippen molar-refractivity contribution in [3.05, 3.63) is 40.0 Å². The van der Waals surface area contributed by atoms with Crippen LogP contribution in [-0.4, -0.2) is 15.3 Å². The largest absolute Gasteiger partial charge is 0.482 e. The zero-order valence-corrected chi connectivity index (χ0v) is 11.5. The number of aliphatic hydroxyl groups is 1. The van der Waals surface area contributed by atoms with Crippen LogP contribution in [0.25, 0.3) is 0 Å². The molecule has 0 aliphatic heterocycles. The van der Waals surface area contributed by atoms with Crippen LogP contribution in [0, 0.1) is 0 Å². The Hall–Kier alpha value is -1.40. The summed E-state index contributed by atoms with van der Waals surface area (Å²) in [6.45, 7) is 2.04. The second-order valence-electron chi connectivity index (χ2n) is 3.62. The SMILES string of the molecule is CCc1nnc(COc2c(Br)cccc2CO)o1. The zero-order valence-electron chi connectivity index (χ0n) is 9.89. The van der Waals surface area contributed by atoms with Crippen LogP contribution >= 0.6 is 15.9 Å². The molecule has 0 bridgehead atoms. The van der Waals surface area contributed by atoms with Crippen LogP contribution in [0.1, 0.15) is 24.3 Å². The molecule has 1 heterocycles. The molecule has 1 N–H and O–H groups in total. The molecule has 1 aromatic carbocycles. The first-order valence-corrected chi connectivity index (χ1v) is 6.36. The lowest BCUT2D eigenvalue weighted by atomic mass is 10.2. The first-order valence-electron chi connectivity index (χ1n) is 5.57. The smallest absolute Gasteiger partial charge is 0.253 e. The molecule has 18 heavy (non-hydrogen) atoms. The molecule has 0 amide bonds. The number of hydrogen-bond acceptors (Lipinski definition) is 5. The van der Waals surface area contributed by atoms with Gasteiger partial charge in [0.15, 0.2) is 6.61 Å². The van der Waals surface area contributed by atoms with E-state index in [0.717, 1.165) is 4.47 Å². The minimum Gasteiger partial charge on any atom is -0.482 e. The van der Waals surface area contributed by atoms with E-state index in [4.69, 9.17) is 9.15 Å². The maximum absolute atomic E-state index is 9.23. The number of ether oxygens (including phenoxy) is 1. The van der Waals surface area contributed by atoms with Crippen molar-refractivity contribution in [1.29, 1.82) is 0 Å². The van der Waals surface area contributed by atoms with E-state index in [1.54, 1.807) is 6.07 Å². The van der Waals surface area contributed by atoms with Gasteiger partial charge in [-0.3, -0.25) is 0 Å². The average Bonchev–Trinajstić information content (AvgIpc) is 2.85. The fraction of sp³-hybridized carbons (Fsp3) is 0.333. The van der Waals surface area contributed by atoms with Crippen molar-refractivity contribution in [2.45, 2.75) is 26.6 Å². The Morgan fingerprint density at radius 3 is 2.78 bits per heavy atom. The summed E-state index contributed by atoms with van der Waals surface area (Å²) in [6.07, 6.45) is 0.698. The topological polar surface area (TPSA) is 68.4 Å². The molecular formula is C12H13BrN2O3. The van der Waals surface area contributed by atoms with Gasteiger partial charge in [-0.05, 0) is 22.0 Å². The van der Waals surface area contributed by atoms with Crippen LogP contribution in [0.5, 0.6) is 5.75 Å². The van der Waals surface area contributed by atoms with Crippen LogP contribution in [0.4, 0.5) is 0 Å². The summed E-state index contributed by atoms with van der Waals surface area (Å²) < 4.78 is 11.7. The molecule has 1 aromatic heterocycles. The highest BCUT2D eigenvalue weighted by Gasteiger charge is 2.10. The molecule has 0 aliphatic carbocycles. The summed E-state index contributed by atoms with van der Waals surface area (Å²) >= 11 is 3.38. The van der Waals surface area contributed by atoms with Gasteiger partial charge in [-0.1, -0.05) is 19.1 Å². The van der Waals surface area contributed by atoms with E-state index in [1.807, 2.05) is 19.1 Å². The van der Waals surface area contributed by atoms with Crippen molar-refractivity contribution in [2.75, 3.05) is 0 Å². The molecule has 2 rings (SSSR count). The van der Waals surface area contributed by atoms with Gasteiger partial charge < -0.3 is 14.3 Å². The van der Waals surface area contributed by atoms with Gasteiger partial charge >= 0.3 is 0 Å². The molecule has 0 fully saturated rings. The van der Waals surface area contributed by atoms with Crippen molar-refractivity contribution in [3.8, 4) is 5.75 Å². The Morgan fingerprint density at radius 1 is 1.33 bits per heavy atom. The number of aliphatic hydroxyl groups excluding tert-OH is 1. The van der Waals surface area contributed by atoms with Crippen molar-refractivity contribution >= 4 is 15.9 Å². The quantitative estimate of drug-likeness (QED) is 0.918. The summed E-state index contributed by atoms with van der Waals surface area (Å²) in [6, 6.07) is 5.48. The summed E-state index contributed by atoms with van der Waals surface area (Å²) in [4.78, 5) is 0. The third kappa shape index (κ3) is 2.88. The fourth-order valence-corrected chi connectivity index (χ4v) is 1.98. The summed E-state index contributed by atoms with van der Waals surface area (Å²) in [5.41, 5.74) is 0.708. The van der Waals surface area contributed by atoms with Crippen LogP contribution in [0.2, 0.25) is 0 Å². The zero-order chi connectivity index (χ0) is 13.0. The summed E-state index contributed by atoms with van der Waals surface area (Å²) in [7, 11) is 0. The molecule has 0 unspecified atom stereocenters. The van der Waals surface area contributed by atoms with E-state index >= 15 is 0 Å². The van der Waals surface area contributed by atoms with Crippen LogP contribution < -0.4 is 4.74 Å². The Balaban J connectivity index is 2.10. The van der Waals surface area contributed by atoms with Gasteiger partial charge in [0.25, 0.3) is 5.89 Å². The molecule has 0 spiro atoms. The number of rotatable bonds is 5. The van der Waals surface area contributed by atoms with Gasteiger partial charge in [0, 0.05) is 12.0 Å². The second kappa shape index (κ2) is 5.97. The number of halogens is 1. The number of aromatic nitrogens is 2. The minimum absolute atomic E-state index is 0.0845. The molecule has 0 atom stereocenters. The van der Waals surface area contributed by atoms with E-state index in [2.05, 4.69) is 26.1 Å². The van der Waals surface area contributed by atoms with E-state index in [-0.39, 0.29) is 13.2 Å². The van der Waals surface area contributed by atoms with Crippen LogP contribution in [0.3, 0.4) is 0 Å². The third-order valence-electron chi connectivity index (χ3n) is 2.37. The third-order valence-corrected chi connectivity index (χ3v) is 2.99. The molecule has 2 aromatic rings. The highest BCUT2D eigenvalue weighted by atomic mass is 79.9. The van der Waals surface area contributed by atoms with Gasteiger partial charge in [0.2, 0.25) is 5.89 Å². The predicted octanol–water partition coefficient (Wildman–Crippen LogP) is 2.47. The van der Waals surface area contributed by atoms with Crippen molar-refractivity contribution in [2.24, 2.45) is 0 Å². The highest BCUT2D eigenvalue weighted by molar-refractivity contribution is 9.10. The fourth-order valence-electron chi connectivity index (χ4n) is 1.46. The first-order chi connectivity index (χ1) is 8.74.